The Kier molecular flexibility index (Phi) is 5.28. The first-order valence-corrected chi connectivity index (χ1v) is 6.10. The van der Waals surface area contributed by atoms with Gasteiger partial charge in [-0.25, -0.2) is 0 Å². The molecule has 4 heteroatoms. The van der Waals surface area contributed by atoms with Crippen molar-refractivity contribution in [3.63, 3.8) is 0 Å². The number of carbonyl (C=O) groups excluding carboxylic acids is 2. The second-order valence-corrected chi connectivity index (χ2v) is 4.99. The van der Waals surface area contributed by atoms with Gasteiger partial charge in [0.15, 0.2) is 6.29 Å². The molecular weight excluding hydrogens is 220 g/mol. The Bertz CT molecular complexity index is 271. The monoisotopic (exact) mass is 242 g/mol. The molecule has 0 amide bonds. The Morgan fingerprint density at radius 3 is 2.29 bits per heavy atom. The van der Waals surface area contributed by atoms with Crippen molar-refractivity contribution in [2.75, 3.05) is 14.2 Å². The molecule has 0 aromatic heterocycles. The predicted molar refractivity (Wildman–Crippen MR) is 63.4 cm³/mol. The average Bonchev–Trinajstić information content (AvgIpc) is 2.31. The molecule has 0 aromatic carbocycles. The lowest BCUT2D eigenvalue weighted by Gasteiger charge is -2.38. The highest BCUT2D eigenvalue weighted by Crippen LogP contribution is 2.38. The van der Waals surface area contributed by atoms with Crippen LogP contribution >= 0.6 is 0 Å². The number of aldehydes is 1. The van der Waals surface area contributed by atoms with Crippen LogP contribution in [0.1, 0.15) is 26.7 Å². The molecule has 0 aromatic rings. The van der Waals surface area contributed by atoms with E-state index >= 15 is 0 Å². The normalized spacial score (nSPS) is 30.0. The minimum Gasteiger partial charge on any atom is -0.355 e. The summed E-state index contributed by atoms with van der Waals surface area (Å²) in [6, 6.07) is 0. The van der Waals surface area contributed by atoms with Gasteiger partial charge in [0.1, 0.15) is 12.1 Å². The number of hydrogen-bond acceptors (Lipinski definition) is 4. The molecule has 1 aliphatic rings. The van der Waals surface area contributed by atoms with E-state index in [1.165, 1.54) is 14.2 Å². The van der Waals surface area contributed by atoms with Crippen molar-refractivity contribution >= 4 is 12.1 Å². The minimum atomic E-state index is -0.612. The highest BCUT2D eigenvalue weighted by Gasteiger charge is 2.44. The molecule has 0 unspecified atom stereocenters. The molecule has 17 heavy (non-hydrogen) atoms. The van der Waals surface area contributed by atoms with E-state index in [2.05, 4.69) is 13.8 Å². The molecule has 1 saturated carbocycles. The summed E-state index contributed by atoms with van der Waals surface area (Å²) in [5, 5.41) is 0. The van der Waals surface area contributed by atoms with Gasteiger partial charge in [-0.15, -0.1) is 0 Å². The molecule has 0 radical (unpaired) electrons. The summed E-state index contributed by atoms with van der Waals surface area (Å²) in [4.78, 5) is 23.3. The molecule has 4 nitrogen and oxygen atoms in total. The zero-order valence-corrected chi connectivity index (χ0v) is 11.0. The highest BCUT2D eigenvalue weighted by molar-refractivity contribution is 5.85. The zero-order chi connectivity index (χ0) is 13.0. The molecular formula is C13H22O4. The number of ether oxygens (including phenoxy) is 2. The summed E-state index contributed by atoms with van der Waals surface area (Å²) < 4.78 is 10.3. The Labute approximate surface area is 103 Å². The fourth-order valence-electron chi connectivity index (χ4n) is 2.84. The molecule has 98 valence electrons. The summed E-state index contributed by atoms with van der Waals surface area (Å²) in [7, 11) is 3.00. The van der Waals surface area contributed by atoms with Gasteiger partial charge in [-0.2, -0.15) is 0 Å². The molecule has 0 N–H and O–H groups in total. The van der Waals surface area contributed by atoms with Gasteiger partial charge in [0, 0.05) is 26.6 Å². The van der Waals surface area contributed by atoms with Gasteiger partial charge in [0.25, 0.3) is 0 Å². The summed E-state index contributed by atoms with van der Waals surface area (Å²) in [5.74, 6) is -0.0457. The smallest absolute Gasteiger partial charge is 0.167 e. The average molecular weight is 242 g/mol. The van der Waals surface area contributed by atoms with E-state index in [1.54, 1.807) is 0 Å². The van der Waals surface area contributed by atoms with Crippen molar-refractivity contribution < 1.29 is 19.1 Å². The number of Topliss-reactive ketones (excluding diaryl/α,β-unsaturated/α-hetero) is 1. The second kappa shape index (κ2) is 6.26. The third-order valence-corrected chi connectivity index (χ3v) is 3.78. The quantitative estimate of drug-likeness (QED) is 0.543. The van der Waals surface area contributed by atoms with E-state index in [9.17, 15) is 9.59 Å². The first kappa shape index (κ1) is 14.3. The topological polar surface area (TPSA) is 52.6 Å². The lowest BCUT2D eigenvalue weighted by atomic mass is 9.67. The number of methoxy groups -OCH3 is 2. The van der Waals surface area contributed by atoms with E-state index in [0.29, 0.717) is 12.3 Å². The van der Waals surface area contributed by atoms with Gasteiger partial charge in [0.05, 0.1) is 5.92 Å². The molecule has 0 aliphatic heterocycles. The molecule has 1 rings (SSSR count). The Morgan fingerprint density at radius 1 is 1.29 bits per heavy atom. The van der Waals surface area contributed by atoms with Crippen molar-refractivity contribution in [1.82, 2.24) is 0 Å². The Morgan fingerprint density at radius 2 is 1.88 bits per heavy atom. The van der Waals surface area contributed by atoms with Crippen molar-refractivity contribution in [2.24, 2.45) is 23.7 Å². The van der Waals surface area contributed by atoms with Crippen LogP contribution in [0, 0.1) is 23.7 Å². The molecule has 1 fully saturated rings. The van der Waals surface area contributed by atoms with Crippen molar-refractivity contribution in [2.45, 2.75) is 33.0 Å². The number of rotatable bonds is 5. The third-order valence-electron chi connectivity index (χ3n) is 3.78. The highest BCUT2D eigenvalue weighted by atomic mass is 16.7. The van der Waals surface area contributed by atoms with Gasteiger partial charge < -0.3 is 14.3 Å². The largest absolute Gasteiger partial charge is 0.355 e. The van der Waals surface area contributed by atoms with Crippen LogP contribution in [0.2, 0.25) is 0 Å². The van der Waals surface area contributed by atoms with Crippen molar-refractivity contribution in [3.05, 3.63) is 0 Å². The maximum atomic E-state index is 12.0. The summed E-state index contributed by atoms with van der Waals surface area (Å²) in [6.07, 6.45) is 1.59. The maximum Gasteiger partial charge on any atom is 0.167 e. The van der Waals surface area contributed by atoms with Crippen LogP contribution in [-0.2, 0) is 19.1 Å². The lowest BCUT2D eigenvalue weighted by Crippen LogP contribution is -2.45. The summed E-state index contributed by atoms with van der Waals surface area (Å²) >= 11 is 0. The molecule has 0 heterocycles. The van der Waals surface area contributed by atoms with Gasteiger partial charge in [-0.05, 0) is 18.3 Å². The van der Waals surface area contributed by atoms with Gasteiger partial charge >= 0.3 is 0 Å². The number of carbonyl (C=O) groups is 2. The molecule has 0 bridgehead atoms. The molecule has 0 saturated heterocycles. The van der Waals surface area contributed by atoms with E-state index in [4.69, 9.17) is 9.47 Å². The first-order valence-electron chi connectivity index (χ1n) is 6.10. The van der Waals surface area contributed by atoms with Crippen LogP contribution in [-0.4, -0.2) is 32.6 Å². The number of ketones is 1. The second-order valence-electron chi connectivity index (χ2n) is 4.99. The molecule has 1 aliphatic carbocycles. The predicted octanol–water partition coefficient (Wildman–Crippen LogP) is 1.67. The fraction of sp³-hybridized carbons (Fsp3) is 0.846. The Hall–Kier alpha value is -0.740. The standard InChI is InChI=1S/C13H22O4/c1-8(2)9-5-6-11(15)12(10(9)7-14)13(16-3)17-4/h7-10,12-13H,5-6H2,1-4H3/t9-,10-,12+/m1/s1. The SMILES string of the molecule is COC(OC)[C@@H]1C(=O)CC[C@H](C(C)C)[C@H]1C=O. The minimum absolute atomic E-state index is 0.0766. The van der Waals surface area contributed by atoms with E-state index in [0.717, 1.165) is 12.7 Å². The fourth-order valence-corrected chi connectivity index (χ4v) is 2.84. The van der Waals surface area contributed by atoms with E-state index in [1.807, 2.05) is 0 Å². The lowest BCUT2D eigenvalue weighted by molar-refractivity contribution is -0.175. The Balaban J connectivity index is 2.95. The van der Waals surface area contributed by atoms with Crippen molar-refractivity contribution in [3.8, 4) is 0 Å². The van der Waals surface area contributed by atoms with Gasteiger partial charge in [0.2, 0.25) is 0 Å². The molecule has 3 atom stereocenters. The van der Waals surface area contributed by atoms with Gasteiger partial charge in [-0.3, -0.25) is 4.79 Å². The van der Waals surface area contributed by atoms with Gasteiger partial charge in [-0.1, -0.05) is 13.8 Å². The van der Waals surface area contributed by atoms with Crippen LogP contribution in [0.25, 0.3) is 0 Å². The molecule has 0 spiro atoms. The van der Waals surface area contributed by atoms with Crippen LogP contribution < -0.4 is 0 Å². The van der Waals surface area contributed by atoms with Crippen molar-refractivity contribution in [1.29, 1.82) is 0 Å². The maximum absolute atomic E-state index is 12.0. The zero-order valence-electron chi connectivity index (χ0n) is 11.0. The summed E-state index contributed by atoms with van der Waals surface area (Å²) in [5.41, 5.74) is 0. The van der Waals surface area contributed by atoms with E-state index < -0.39 is 12.2 Å². The number of hydrogen-bond donors (Lipinski definition) is 0. The summed E-state index contributed by atoms with van der Waals surface area (Å²) in [6.45, 7) is 4.17. The van der Waals surface area contributed by atoms with Crippen LogP contribution in [0.15, 0.2) is 0 Å². The first-order chi connectivity index (χ1) is 8.06. The van der Waals surface area contributed by atoms with Crippen LogP contribution in [0.4, 0.5) is 0 Å². The van der Waals surface area contributed by atoms with Crippen LogP contribution in [0.3, 0.4) is 0 Å². The van der Waals surface area contributed by atoms with Crippen LogP contribution in [0.5, 0.6) is 0 Å². The van der Waals surface area contributed by atoms with E-state index in [-0.39, 0.29) is 17.6 Å². The third kappa shape index (κ3) is 2.93.